The van der Waals surface area contributed by atoms with E-state index in [1.54, 1.807) is 62.4 Å². The summed E-state index contributed by atoms with van der Waals surface area (Å²) in [6.45, 7) is 3.53. The van der Waals surface area contributed by atoms with Gasteiger partial charge < -0.3 is 15.3 Å². The third-order valence-electron chi connectivity index (χ3n) is 5.72. The summed E-state index contributed by atoms with van der Waals surface area (Å²) in [6, 6.07) is 12.2. The first-order valence-electron chi connectivity index (χ1n) is 10.4. The Kier molecular flexibility index (Phi) is 6.56. The number of nitro groups is 1. The predicted molar refractivity (Wildman–Crippen MR) is 127 cm³/mol. The number of carboxylic acid groups (broad SMARTS) is 1. The molecule has 0 aromatic heterocycles. The average Bonchev–Trinajstić information content (AvgIpc) is 3.06. The van der Waals surface area contributed by atoms with Gasteiger partial charge in [-0.3, -0.25) is 19.7 Å². The zero-order chi connectivity index (χ0) is 24.6. The number of fused-ring (bicyclic) bond motifs is 1. The number of hydrogen-bond donors (Lipinski definition) is 3. The van der Waals surface area contributed by atoms with Crippen molar-refractivity contribution in [1.29, 1.82) is 0 Å². The van der Waals surface area contributed by atoms with E-state index in [1.165, 1.54) is 22.7 Å². The van der Waals surface area contributed by atoms with Crippen molar-refractivity contribution in [2.24, 2.45) is 0 Å². The van der Waals surface area contributed by atoms with Gasteiger partial charge in [-0.25, -0.2) is 9.52 Å². The van der Waals surface area contributed by atoms with Crippen molar-refractivity contribution < 1.29 is 24.4 Å². The number of β-lactam (4-membered cyclic amide) rings is 1. The topological polar surface area (TPSA) is 142 Å². The number of para-hydroxylation sites is 1. The first kappa shape index (κ1) is 24.0. The van der Waals surface area contributed by atoms with Crippen LogP contribution in [-0.4, -0.2) is 54.9 Å². The minimum absolute atomic E-state index is 0.0960. The van der Waals surface area contributed by atoms with Crippen molar-refractivity contribution in [2.75, 3.05) is 0 Å². The Labute approximate surface area is 203 Å². The molecule has 2 fully saturated rings. The average molecular weight is 503 g/mol. The summed E-state index contributed by atoms with van der Waals surface area (Å²) in [4.78, 5) is 50.2. The summed E-state index contributed by atoms with van der Waals surface area (Å²) in [5, 5.41) is 23.2. The minimum atomic E-state index is -1.08. The van der Waals surface area contributed by atoms with Crippen molar-refractivity contribution >= 4 is 47.2 Å². The van der Waals surface area contributed by atoms with Crippen molar-refractivity contribution in [3.63, 3.8) is 0 Å². The van der Waals surface area contributed by atoms with Crippen LogP contribution in [0.15, 0.2) is 59.5 Å². The molecule has 178 valence electrons. The molecule has 12 heteroatoms. The smallest absolute Gasteiger partial charge is 0.327 e. The Morgan fingerprint density at radius 1 is 1.18 bits per heavy atom. The fourth-order valence-electron chi connectivity index (χ4n) is 4.12. The predicted octanol–water partition coefficient (Wildman–Crippen LogP) is 2.56. The summed E-state index contributed by atoms with van der Waals surface area (Å²) in [5.41, 5.74) is 0.513. The summed E-state index contributed by atoms with van der Waals surface area (Å²) in [6.07, 6.45) is 0. The molecule has 4 atom stereocenters. The summed E-state index contributed by atoms with van der Waals surface area (Å²) in [7, 11) is 0. The van der Waals surface area contributed by atoms with Crippen LogP contribution in [0.5, 0.6) is 0 Å². The van der Waals surface area contributed by atoms with E-state index in [-0.39, 0.29) is 5.69 Å². The molecule has 2 aliphatic heterocycles. The van der Waals surface area contributed by atoms with Crippen LogP contribution >= 0.6 is 23.7 Å². The van der Waals surface area contributed by atoms with Gasteiger partial charge in [0, 0.05) is 10.8 Å². The number of benzene rings is 2. The number of carbonyl (C=O) groups excluding carboxylic acids is 2. The first-order valence-corrected chi connectivity index (χ1v) is 12.1. The Morgan fingerprint density at radius 2 is 1.82 bits per heavy atom. The van der Waals surface area contributed by atoms with Crippen LogP contribution in [0.25, 0.3) is 0 Å². The van der Waals surface area contributed by atoms with E-state index < -0.39 is 51.0 Å². The largest absolute Gasteiger partial charge is 0.480 e. The van der Waals surface area contributed by atoms with E-state index in [1.807, 2.05) is 0 Å². The summed E-state index contributed by atoms with van der Waals surface area (Å²) in [5.74, 6) is -2.02. The standard InChI is InChI=1S/C22H22N4O6S2/c1-22(2)17(21(29)30)25-19(28)16(20(25)33-22)23-18(27)15(12-8-4-3-5-9-12)24-34-14-11-7-6-10-13(14)26(31)32/h3-11,15-17,20,24H,1-2H3,(H,23,27)(H,29,30)/t15?,16-,17+,20-/m1/s1. The van der Waals surface area contributed by atoms with Crippen LogP contribution < -0.4 is 10.0 Å². The Morgan fingerprint density at radius 3 is 2.47 bits per heavy atom. The molecular weight excluding hydrogens is 480 g/mol. The van der Waals surface area contributed by atoms with Gasteiger partial charge >= 0.3 is 5.97 Å². The van der Waals surface area contributed by atoms with E-state index in [0.29, 0.717) is 10.5 Å². The van der Waals surface area contributed by atoms with Gasteiger partial charge in [0.2, 0.25) is 11.8 Å². The highest BCUT2D eigenvalue weighted by Crippen LogP contribution is 2.50. The fourth-order valence-corrected chi connectivity index (χ4v) is 6.62. The molecule has 10 nitrogen and oxygen atoms in total. The Hall–Kier alpha value is -3.09. The number of amides is 2. The first-order chi connectivity index (χ1) is 16.1. The third kappa shape index (κ3) is 4.36. The fraction of sp³-hybridized carbons (Fsp3) is 0.318. The Balaban J connectivity index is 1.52. The molecule has 0 aliphatic carbocycles. The second kappa shape index (κ2) is 9.28. The normalized spacial score (nSPS) is 23.5. The quantitative estimate of drug-likeness (QED) is 0.215. The maximum atomic E-state index is 13.3. The van der Waals surface area contributed by atoms with Gasteiger partial charge in [-0.1, -0.05) is 42.5 Å². The van der Waals surface area contributed by atoms with Gasteiger partial charge in [0.15, 0.2) is 0 Å². The van der Waals surface area contributed by atoms with Crippen LogP contribution in [0.3, 0.4) is 0 Å². The lowest BCUT2D eigenvalue weighted by Crippen LogP contribution is -2.71. The molecule has 1 unspecified atom stereocenters. The van der Waals surface area contributed by atoms with Crippen molar-refractivity contribution in [2.45, 2.75) is 47.0 Å². The number of nitro benzene ring substituents is 1. The molecule has 2 aromatic rings. The molecule has 2 heterocycles. The van der Waals surface area contributed by atoms with Gasteiger partial charge in [0.05, 0.1) is 4.92 Å². The zero-order valence-electron chi connectivity index (χ0n) is 18.2. The monoisotopic (exact) mass is 502 g/mol. The number of nitrogens with one attached hydrogen (secondary N) is 2. The Bertz CT molecular complexity index is 1150. The molecule has 2 aromatic carbocycles. The number of nitrogens with zero attached hydrogens (tertiary/aromatic N) is 2. The van der Waals surface area contributed by atoms with Gasteiger partial charge in [-0.15, -0.1) is 11.8 Å². The molecule has 2 amide bonds. The number of aliphatic carboxylic acids is 1. The molecule has 2 aliphatic rings. The van der Waals surface area contributed by atoms with Crippen molar-refractivity contribution in [1.82, 2.24) is 14.9 Å². The lowest BCUT2D eigenvalue weighted by Gasteiger charge is -2.44. The molecule has 0 radical (unpaired) electrons. The number of rotatable bonds is 8. The van der Waals surface area contributed by atoms with Crippen LogP contribution in [-0.2, 0) is 14.4 Å². The van der Waals surface area contributed by atoms with E-state index in [9.17, 15) is 29.6 Å². The molecule has 0 spiro atoms. The van der Waals surface area contributed by atoms with E-state index in [4.69, 9.17) is 0 Å². The summed E-state index contributed by atoms with van der Waals surface area (Å²) >= 11 is 2.29. The summed E-state index contributed by atoms with van der Waals surface area (Å²) < 4.78 is 2.29. The minimum Gasteiger partial charge on any atom is -0.480 e. The van der Waals surface area contributed by atoms with Crippen LogP contribution in [0, 0.1) is 10.1 Å². The van der Waals surface area contributed by atoms with Gasteiger partial charge in [0.1, 0.15) is 28.4 Å². The maximum Gasteiger partial charge on any atom is 0.327 e. The molecular formula is C22H22N4O6S2. The van der Waals surface area contributed by atoms with Gasteiger partial charge in [-0.05, 0) is 37.4 Å². The highest BCUT2D eigenvalue weighted by atomic mass is 32.2. The van der Waals surface area contributed by atoms with Gasteiger partial charge in [0.25, 0.3) is 5.69 Å². The number of carboxylic acids is 1. The van der Waals surface area contributed by atoms with Crippen LogP contribution in [0.2, 0.25) is 0 Å². The molecule has 34 heavy (non-hydrogen) atoms. The lowest BCUT2D eigenvalue weighted by atomic mass is 9.95. The van der Waals surface area contributed by atoms with E-state index in [0.717, 1.165) is 11.9 Å². The second-order valence-electron chi connectivity index (χ2n) is 8.37. The maximum absolute atomic E-state index is 13.3. The van der Waals surface area contributed by atoms with Crippen LogP contribution in [0.1, 0.15) is 25.5 Å². The van der Waals surface area contributed by atoms with Crippen molar-refractivity contribution in [3.05, 3.63) is 70.3 Å². The lowest BCUT2D eigenvalue weighted by molar-refractivity contribution is -0.387. The molecule has 0 bridgehead atoms. The van der Waals surface area contributed by atoms with E-state index in [2.05, 4.69) is 10.0 Å². The molecule has 4 rings (SSSR count). The van der Waals surface area contributed by atoms with E-state index >= 15 is 0 Å². The molecule has 3 N–H and O–H groups in total. The number of carbonyl (C=O) groups is 3. The van der Waals surface area contributed by atoms with Crippen LogP contribution in [0.4, 0.5) is 5.69 Å². The highest BCUT2D eigenvalue weighted by Gasteiger charge is 2.64. The second-order valence-corrected chi connectivity index (χ2v) is 11.0. The van der Waals surface area contributed by atoms with Crippen molar-refractivity contribution in [3.8, 4) is 0 Å². The number of thioether (sulfide) groups is 1. The molecule has 2 saturated heterocycles. The zero-order valence-corrected chi connectivity index (χ0v) is 19.8. The number of hydrogen-bond acceptors (Lipinski definition) is 8. The van der Waals surface area contributed by atoms with Gasteiger partial charge in [-0.2, -0.15) is 0 Å². The highest BCUT2D eigenvalue weighted by molar-refractivity contribution is 8.01. The third-order valence-corrected chi connectivity index (χ3v) is 8.21. The molecule has 0 saturated carbocycles. The SMILES string of the molecule is CC1(C)S[C@@H]2[C@H](NC(=O)C(NSc3ccccc3[N+](=O)[O-])c3ccccc3)C(=O)N2[C@H]1C(=O)O.